The smallest absolute Gasteiger partial charge is 0.240 e. The van der Waals surface area contributed by atoms with E-state index in [0.717, 1.165) is 19.5 Å². The summed E-state index contributed by atoms with van der Waals surface area (Å²) in [6.45, 7) is 1.97. The number of amides is 1. The van der Waals surface area contributed by atoms with Crippen molar-refractivity contribution in [1.29, 1.82) is 0 Å². The first kappa shape index (κ1) is 19.9. The minimum atomic E-state index is -3.73. The second-order valence-electron chi connectivity index (χ2n) is 6.94. The largest absolute Gasteiger partial charge is 0.493 e. The zero-order chi connectivity index (χ0) is 19.4. The predicted octanol–water partition coefficient (Wildman–Crippen LogP) is 0.725. The summed E-state index contributed by atoms with van der Waals surface area (Å²) < 4.78 is 37.5. The van der Waals surface area contributed by atoms with E-state index in [0.29, 0.717) is 17.5 Å². The molecule has 1 aromatic carbocycles. The Labute approximate surface area is 160 Å². The van der Waals surface area contributed by atoms with Gasteiger partial charge in [-0.1, -0.05) is 0 Å². The van der Waals surface area contributed by atoms with Gasteiger partial charge in [0.1, 0.15) is 0 Å². The van der Waals surface area contributed by atoms with Gasteiger partial charge in [-0.15, -0.1) is 0 Å². The van der Waals surface area contributed by atoms with Crippen LogP contribution in [0.1, 0.15) is 25.7 Å². The molecule has 1 atom stereocenters. The van der Waals surface area contributed by atoms with Crippen LogP contribution in [0.25, 0.3) is 0 Å². The molecule has 1 aromatic rings. The summed E-state index contributed by atoms with van der Waals surface area (Å²) in [5.74, 6) is 0.653. The summed E-state index contributed by atoms with van der Waals surface area (Å²) in [5.41, 5.74) is 0. The first-order chi connectivity index (χ1) is 12.9. The zero-order valence-electron chi connectivity index (χ0n) is 15.7. The first-order valence-corrected chi connectivity index (χ1v) is 10.7. The Morgan fingerprint density at radius 2 is 1.93 bits per heavy atom. The van der Waals surface area contributed by atoms with Gasteiger partial charge in [0.15, 0.2) is 11.5 Å². The van der Waals surface area contributed by atoms with E-state index in [4.69, 9.17) is 9.47 Å². The molecule has 1 aliphatic heterocycles. The van der Waals surface area contributed by atoms with E-state index in [1.54, 1.807) is 0 Å². The van der Waals surface area contributed by atoms with Gasteiger partial charge in [-0.3, -0.25) is 9.69 Å². The molecule has 0 spiro atoms. The average molecular weight is 397 g/mol. The van der Waals surface area contributed by atoms with Crippen molar-refractivity contribution in [3.63, 3.8) is 0 Å². The van der Waals surface area contributed by atoms with Crippen LogP contribution in [-0.4, -0.2) is 65.2 Å². The Bertz CT molecular complexity index is 779. The van der Waals surface area contributed by atoms with Gasteiger partial charge in [0, 0.05) is 44.2 Å². The highest BCUT2D eigenvalue weighted by atomic mass is 32.2. The highest BCUT2D eigenvalue weighted by molar-refractivity contribution is 7.89. The van der Waals surface area contributed by atoms with E-state index in [1.807, 2.05) is 0 Å². The van der Waals surface area contributed by atoms with Crippen LogP contribution in [0.2, 0.25) is 0 Å². The van der Waals surface area contributed by atoms with Crippen molar-refractivity contribution in [2.24, 2.45) is 0 Å². The van der Waals surface area contributed by atoms with Crippen molar-refractivity contribution >= 4 is 15.9 Å². The molecule has 2 fully saturated rings. The number of hydrogen-bond acceptors (Lipinski definition) is 6. The van der Waals surface area contributed by atoms with E-state index in [2.05, 4.69) is 14.9 Å². The van der Waals surface area contributed by atoms with Crippen molar-refractivity contribution < 1.29 is 22.7 Å². The third-order valence-corrected chi connectivity index (χ3v) is 6.42. The summed E-state index contributed by atoms with van der Waals surface area (Å²) in [5, 5.41) is 3.00. The molecule has 9 heteroatoms. The average Bonchev–Trinajstić information content (AvgIpc) is 3.40. The van der Waals surface area contributed by atoms with Crippen LogP contribution in [0, 0.1) is 0 Å². The van der Waals surface area contributed by atoms with Gasteiger partial charge < -0.3 is 14.8 Å². The number of carbonyl (C=O) groups excluding carboxylic acids is 1. The number of nitrogens with zero attached hydrogens (tertiary/aromatic N) is 1. The first-order valence-electron chi connectivity index (χ1n) is 9.18. The third-order valence-electron chi connectivity index (χ3n) is 4.96. The molecule has 2 N–H and O–H groups in total. The van der Waals surface area contributed by atoms with Gasteiger partial charge >= 0.3 is 0 Å². The number of hydrogen-bond donors (Lipinski definition) is 2. The normalized spacial score (nSPS) is 20.4. The Kier molecular flexibility index (Phi) is 6.23. The summed E-state index contributed by atoms with van der Waals surface area (Å²) in [6.07, 6.45) is 3.59. The number of carbonyl (C=O) groups is 1. The molecule has 1 saturated carbocycles. The van der Waals surface area contributed by atoms with Crippen molar-refractivity contribution in [2.45, 2.75) is 42.7 Å². The minimum Gasteiger partial charge on any atom is -0.493 e. The lowest BCUT2D eigenvalue weighted by Gasteiger charge is -2.16. The van der Waals surface area contributed by atoms with Crippen molar-refractivity contribution in [2.75, 3.05) is 33.9 Å². The number of likely N-dealkylation sites (tertiary alicyclic amines) is 1. The van der Waals surface area contributed by atoms with Gasteiger partial charge in [-0.05, 0) is 31.4 Å². The van der Waals surface area contributed by atoms with E-state index in [-0.39, 0.29) is 29.8 Å². The van der Waals surface area contributed by atoms with Crippen LogP contribution in [0.5, 0.6) is 11.5 Å². The molecule has 0 bridgehead atoms. The molecule has 0 aromatic heterocycles. The molecule has 3 rings (SSSR count). The van der Waals surface area contributed by atoms with Gasteiger partial charge in [0.2, 0.25) is 15.9 Å². The van der Waals surface area contributed by atoms with E-state index < -0.39 is 10.0 Å². The lowest BCUT2D eigenvalue weighted by molar-refractivity contribution is -0.121. The SMILES string of the molecule is COc1ccc(S(=O)(=O)NCCC(=O)NC2CCN(C3CC3)C2)cc1OC. The summed E-state index contributed by atoms with van der Waals surface area (Å²) in [4.78, 5) is 14.6. The number of rotatable bonds is 9. The molecule has 1 saturated heterocycles. The van der Waals surface area contributed by atoms with Crippen LogP contribution >= 0.6 is 0 Å². The highest BCUT2D eigenvalue weighted by Gasteiger charge is 2.34. The third kappa shape index (κ3) is 5.12. The number of benzene rings is 1. The maximum absolute atomic E-state index is 12.4. The monoisotopic (exact) mass is 397 g/mol. The Balaban J connectivity index is 1.46. The summed E-state index contributed by atoms with van der Waals surface area (Å²) >= 11 is 0. The zero-order valence-corrected chi connectivity index (χ0v) is 16.5. The highest BCUT2D eigenvalue weighted by Crippen LogP contribution is 2.30. The number of methoxy groups -OCH3 is 2. The second-order valence-corrected chi connectivity index (χ2v) is 8.71. The number of sulfonamides is 1. The van der Waals surface area contributed by atoms with E-state index in [1.165, 1.54) is 45.3 Å². The molecule has 150 valence electrons. The fraction of sp³-hybridized carbons (Fsp3) is 0.611. The molecule has 1 amide bonds. The van der Waals surface area contributed by atoms with Crippen molar-refractivity contribution in [3.05, 3.63) is 18.2 Å². The maximum atomic E-state index is 12.4. The van der Waals surface area contributed by atoms with Gasteiger partial charge in [0.05, 0.1) is 19.1 Å². The van der Waals surface area contributed by atoms with Crippen LogP contribution in [0.15, 0.2) is 23.1 Å². The van der Waals surface area contributed by atoms with E-state index in [9.17, 15) is 13.2 Å². The number of ether oxygens (including phenoxy) is 2. The quantitative estimate of drug-likeness (QED) is 0.638. The predicted molar refractivity (Wildman–Crippen MR) is 100 cm³/mol. The lowest BCUT2D eigenvalue weighted by Crippen LogP contribution is -2.39. The number of nitrogens with one attached hydrogen (secondary N) is 2. The minimum absolute atomic E-state index is 0.0432. The van der Waals surface area contributed by atoms with Gasteiger partial charge in [0.25, 0.3) is 0 Å². The van der Waals surface area contributed by atoms with Crippen LogP contribution in [0.4, 0.5) is 0 Å². The lowest BCUT2D eigenvalue weighted by atomic mass is 10.2. The standard InChI is InChI=1S/C18H27N3O5S/c1-25-16-6-5-15(11-17(16)26-2)27(23,24)19-9-7-18(22)20-13-8-10-21(12-13)14-3-4-14/h5-6,11,13-14,19H,3-4,7-10,12H2,1-2H3,(H,20,22). The molecule has 2 aliphatic rings. The molecule has 0 radical (unpaired) electrons. The maximum Gasteiger partial charge on any atom is 0.240 e. The molecule has 1 heterocycles. The summed E-state index contributed by atoms with van der Waals surface area (Å²) in [6, 6.07) is 5.24. The Morgan fingerprint density at radius 3 is 2.59 bits per heavy atom. The van der Waals surface area contributed by atoms with Crippen molar-refractivity contribution in [1.82, 2.24) is 14.9 Å². The Morgan fingerprint density at radius 1 is 1.19 bits per heavy atom. The molecule has 8 nitrogen and oxygen atoms in total. The van der Waals surface area contributed by atoms with E-state index >= 15 is 0 Å². The van der Waals surface area contributed by atoms with Crippen LogP contribution < -0.4 is 19.5 Å². The second kappa shape index (κ2) is 8.45. The molecule has 27 heavy (non-hydrogen) atoms. The molecular formula is C18H27N3O5S. The molecule has 1 unspecified atom stereocenters. The van der Waals surface area contributed by atoms with Crippen molar-refractivity contribution in [3.8, 4) is 11.5 Å². The topological polar surface area (TPSA) is 97.0 Å². The molecular weight excluding hydrogens is 370 g/mol. The fourth-order valence-corrected chi connectivity index (χ4v) is 4.39. The van der Waals surface area contributed by atoms with Gasteiger partial charge in [-0.2, -0.15) is 0 Å². The van der Waals surface area contributed by atoms with Gasteiger partial charge in [-0.25, -0.2) is 13.1 Å². The Hall–Kier alpha value is -1.84. The van der Waals surface area contributed by atoms with Crippen LogP contribution in [-0.2, 0) is 14.8 Å². The molecule has 1 aliphatic carbocycles. The summed E-state index contributed by atoms with van der Waals surface area (Å²) in [7, 11) is -0.799. The fourth-order valence-electron chi connectivity index (χ4n) is 3.34. The van der Waals surface area contributed by atoms with Crippen LogP contribution in [0.3, 0.4) is 0 Å².